The largest absolute Gasteiger partial charge is 0.378 e. The Labute approximate surface area is 184 Å². The molecule has 7 nitrogen and oxygen atoms in total. The number of rotatable bonds is 4. The van der Waals surface area contributed by atoms with Crippen LogP contribution < -0.4 is 15.8 Å². The molecule has 2 fully saturated rings. The summed E-state index contributed by atoms with van der Waals surface area (Å²) in [6, 6.07) is 6.22. The Hall–Kier alpha value is -1.55. The maximum absolute atomic E-state index is 12.5. The van der Waals surface area contributed by atoms with Crippen LogP contribution in [0.4, 0.5) is 17.2 Å². The van der Waals surface area contributed by atoms with Crippen LogP contribution in [0.1, 0.15) is 11.0 Å². The molecule has 0 unspecified atom stereocenters. The predicted molar refractivity (Wildman–Crippen MR) is 120 cm³/mol. The number of anilines is 3. The average Bonchev–Trinajstić information content (AvgIpc) is 2.63. The van der Waals surface area contributed by atoms with Gasteiger partial charge in [0.05, 0.1) is 31.1 Å². The molecule has 1 N–H and O–H groups in total. The molecule has 0 aliphatic carbocycles. The number of nitrogens with one attached hydrogen (secondary N) is 1. The van der Waals surface area contributed by atoms with E-state index in [0.29, 0.717) is 22.4 Å². The third-order valence-electron chi connectivity index (χ3n) is 5.12. The van der Waals surface area contributed by atoms with Crippen LogP contribution in [0.25, 0.3) is 0 Å². The second-order valence-electron chi connectivity index (χ2n) is 7.00. The lowest BCUT2D eigenvalue weighted by molar-refractivity contribution is -0.0691. The highest BCUT2D eigenvalue weighted by Crippen LogP contribution is 2.24. The molecule has 2 aliphatic heterocycles. The van der Waals surface area contributed by atoms with Crippen molar-refractivity contribution in [1.82, 2.24) is 14.5 Å². The summed E-state index contributed by atoms with van der Waals surface area (Å²) in [6.07, 6.45) is 3.04. The van der Waals surface area contributed by atoms with Crippen LogP contribution in [0, 0.1) is 0 Å². The minimum Gasteiger partial charge on any atom is -0.378 e. The quantitative estimate of drug-likeness (QED) is 0.739. The highest BCUT2D eigenvalue weighted by molar-refractivity contribution is 9.10. The molecule has 4 heterocycles. The number of aryl methyl sites for hydroxylation is 1. The lowest BCUT2D eigenvalue weighted by Crippen LogP contribution is -2.59. The van der Waals surface area contributed by atoms with Gasteiger partial charge in [-0.1, -0.05) is 0 Å². The van der Waals surface area contributed by atoms with E-state index in [1.807, 2.05) is 6.07 Å². The third-order valence-corrected chi connectivity index (χ3v) is 5.56. The van der Waals surface area contributed by atoms with E-state index in [-0.39, 0.29) is 19.2 Å². The molecule has 2 aliphatic rings. The van der Waals surface area contributed by atoms with Crippen molar-refractivity contribution in [2.24, 2.45) is 6.98 Å². The number of aromatic nitrogens is 2. The standard InChI is InChI=1S/C19H24BrN5O2.H2S/c1-13-9-24(16-11-27-12-16)5-6-25(13)15-3-4-18(21-8-15)22-17-7-14(20)10-23(2)19(17)26;/h3-4,7-8,10,13,16H,5-6,9,11-12H2,1-2H3,(H,21,22);1H2/t13-;/m0./s1/i2D3;. The summed E-state index contributed by atoms with van der Waals surface area (Å²) in [6.45, 7) is 4.20. The third kappa shape index (κ3) is 4.37. The van der Waals surface area contributed by atoms with E-state index >= 15 is 0 Å². The Bertz CT molecular complexity index is 968. The van der Waals surface area contributed by atoms with Crippen molar-refractivity contribution < 1.29 is 8.85 Å². The van der Waals surface area contributed by atoms with Gasteiger partial charge >= 0.3 is 0 Å². The molecule has 0 spiro atoms. The molecule has 1 atom stereocenters. The SMILES string of the molecule is S.[2H]C([2H])([2H])n1cc(Br)cc(Nc2ccc(N3CCN(C4COC4)C[C@@H]3C)cn2)c1=O. The Morgan fingerprint density at radius 2 is 2.18 bits per heavy atom. The predicted octanol–water partition coefficient (Wildman–Crippen LogP) is 2.31. The fourth-order valence-electron chi connectivity index (χ4n) is 3.54. The molecular formula is C19H26BrN5O2S. The fraction of sp³-hybridized carbons (Fsp3) is 0.474. The first kappa shape index (κ1) is 17.3. The maximum Gasteiger partial charge on any atom is 0.274 e. The van der Waals surface area contributed by atoms with E-state index < -0.39 is 12.5 Å². The van der Waals surface area contributed by atoms with Gasteiger partial charge in [-0.15, -0.1) is 0 Å². The van der Waals surface area contributed by atoms with Gasteiger partial charge in [0.2, 0.25) is 0 Å². The van der Waals surface area contributed by atoms with E-state index in [4.69, 9.17) is 8.85 Å². The maximum atomic E-state index is 12.5. The van der Waals surface area contributed by atoms with Crippen molar-refractivity contribution in [3.8, 4) is 0 Å². The monoisotopic (exact) mass is 470 g/mol. The second kappa shape index (κ2) is 8.86. The van der Waals surface area contributed by atoms with E-state index in [9.17, 15) is 4.79 Å². The summed E-state index contributed by atoms with van der Waals surface area (Å²) in [5, 5.41) is 2.94. The van der Waals surface area contributed by atoms with Gasteiger partial charge in [0.1, 0.15) is 11.5 Å². The van der Waals surface area contributed by atoms with Crippen LogP contribution >= 0.6 is 29.4 Å². The first-order valence-electron chi connectivity index (χ1n) is 10.5. The highest BCUT2D eigenvalue weighted by Gasteiger charge is 2.32. The zero-order valence-electron chi connectivity index (χ0n) is 18.6. The fourth-order valence-corrected chi connectivity index (χ4v) is 3.97. The molecule has 2 saturated heterocycles. The molecule has 2 aromatic heterocycles. The molecule has 28 heavy (non-hydrogen) atoms. The summed E-state index contributed by atoms with van der Waals surface area (Å²) >= 11 is 3.26. The van der Waals surface area contributed by atoms with Crippen molar-refractivity contribution in [2.45, 2.75) is 19.0 Å². The number of piperazine rings is 1. The Balaban J connectivity index is 0.00000272. The topological polar surface area (TPSA) is 62.6 Å². The minimum absolute atomic E-state index is 0. The van der Waals surface area contributed by atoms with Crippen molar-refractivity contribution >= 4 is 46.6 Å². The molecule has 0 radical (unpaired) electrons. The smallest absolute Gasteiger partial charge is 0.274 e. The number of ether oxygens (including phenoxy) is 1. The second-order valence-corrected chi connectivity index (χ2v) is 7.92. The molecule has 0 saturated carbocycles. The Kier molecular flexibility index (Phi) is 5.48. The van der Waals surface area contributed by atoms with Crippen LogP contribution in [-0.2, 0) is 11.7 Å². The number of hydrogen-bond donors (Lipinski definition) is 1. The molecule has 152 valence electrons. The zero-order valence-corrected chi connectivity index (χ0v) is 18.1. The van der Waals surface area contributed by atoms with Gasteiger partial charge < -0.3 is 19.5 Å². The molecule has 2 aromatic rings. The van der Waals surface area contributed by atoms with Gasteiger partial charge in [-0.05, 0) is 41.1 Å². The summed E-state index contributed by atoms with van der Waals surface area (Å²) in [5.74, 6) is 0.476. The van der Waals surface area contributed by atoms with Gasteiger partial charge in [-0.25, -0.2) is 4.98 Å². The van der Waals surface area contributed by atoms with Gasteiger partial charge in [-0.3, -0.25) is 9.69 Å². The molecule has 0 bridgehead atoms. The first-order valence-corrected chi connectivity index (χ1v) is 9.76. The summed E-state index contributed by atoms with van der Waals surface area (Å²) in [5.41, 5.74) is 0.533. The summed E-state index contributed by atoms with van der Waals surface area (Å²) in [4.78, 5) is 21.8. The van der Waals surface area contributed by atoms with Crippen LogP contribution in [0.2, 0.25) is 0 Å². The van der Waals surface area contributed by atoms with E-state index in [1.165, 1.54) is 6.20 Å². The Morgan fingerprint density at radius 1 is 1.36 bits per heavy atom. The lowest BCUT2D eigenvalue weighted by atomic mass is 10.1. The van der Waals surface area contributed by atoms with Gasteiger partial charge in [0.25, 0.3) is 5.56 Å². The molecule has 4 rings (SSSR count). The highest BCUT2D eigenvalue weighted by atomic mass is 79.9. The van der Waals surface area contributed by atoms with E-state index in [1.54, 1.807) is 18.3 Å². The van der Waals surface area contributed by atoms with Crippen molar-refractivity contribution in [1.29, 1.82) is 0 Å². The van der Waals surface area contributed by atoms with E-state index in [2.05, 4.69) is 43.0 Å². The number of pyridine rings is 2. The Morgan fingerprint density at radius 3 is 2.79 bits per heavy atom. The molecule has 0 amide bonds. The van der Waals surface area contributed by atoms with Crippen molar-refractivity contribution in [2.75, 3.05) is 43.1 Å². The zero-order chi connectivity index (χ0) is 21.5. The molecule has 0 aromatic carbocycles. The molecular weight excluding hydrogens is 442 g/mol. The van der Waals surface area contributed by atoms with Crippen LogP contribution in [0.3, 0.4) is 0 Å². The molecule has 9 heteroatoms. The minimum atomic E-state index is -2.56. The van der Waals surface area contributed by atoms with Crippen LogP contribution in [0.5, 0.6) is 0 Å². The average molecular weight is 471 g/mol. The first-order chi connectivity index (χ1) is 14.2. The lowest BCUT2D eigenvalue weighted by Gasteiger charge is -2.46. The van der Waals surface area contributed by atoms with Crippen molar-refractivity contribution in [3.05, 3.63) is 45.4 Å². The van der Waals surface area contributed by atoms with Crippen LogP contribution in [0.15, 0.2) is 39.9 Å². The van der Waals surface area contributed by atoms with Gasteiger partial charge in [-0.2, -0.15) is 13.5 Å². The number of nitrogens with zero attached hydrogens (tertiary/aromatic N) is 4. The summed E-state index contributed by atoms with van der Waals surface area (Å²) < 4.78 is 29.1. The normalized spacial score (nSPS) is 22.4. The summed E-state index contributed by atoms with van der Waals surface area (Å²) in [7, 11) is 0. The van der Waals surface area contributed by atoms with Crippen molar-refractivity contribution in [3.63, 3.8) is 0 Å². The van der Waals surface area contributed by atoms with Gasteiger partial charge in [0.15, 0.2) is 0 Å². The van der Waals surface area contributed by atoms with Gasteiger partial charge in [0, 0.05) is 47.4 Å². The number of hydrogen-bond acceptors (Lipinski definition) is 6. The van der Waals surface area contributed by atoms with E-state index in [0.717, 1.165) is 43.1 Å². The number of halogens is 1. The van der Waals surface area contributed by atoms with Crippen LogP contribution in [-0.4, -0.2) is 59.4 Å².